The van der Waals surface area contributed by atoms with Gasteiger partial charge in [-0.05, 0) is 31.5 Å². The number of carbonyl (C=O) groups is 2. The molecule has 2 aromatic rings. The zero-order valence-electron chi connectivity index (χ0n) is 13.4. The van der Waals surface area contributed by atoms with Gasteiger partial charge in [-0.2, -0.15) is 0 Å². The number of nitrogens with one attached hydrogen (secondary N) is 1. The van der Waals surface area contributed by atoms with Crippen molar-refractivity contribution in [3.8, 4) is 5.75 Å². The molecule has 2 rings (SSSR count). The number of carboxylic acids is 1. The molecular weight excluding hydrogens is 296 g/mol. The topological polar surface area (TPSA) is 80.6 Å². The molecule has 6 heteroatoms. The minimum Gasteiger partial charge on any atom is -0.497 e. The minimum atomic E-state index is -1.01. The van der Waals surface area contributed by atoms with Gasteiger partial charge in [0.2, 0.25) is 5.91 Å². The maximum Gasteiger partial charge on any atom is 0.337 e. The molecule has 0 atom stereocenters. The van der Waals surface area contributed by atoms with Crippen molar-refractivity contribution in [2.75, 3.05) is 12.4 Å². The smallest absolute Gasteiger partial charge is 0.337 e. The van der Waals surface area contributed by atoms with Gasteiger partial charge in [-0.1, -0.05) is 6.07 Å². The molecule has 6 nitrogen and oxygen atoms in total. The monoisotopic (exact) mass is 316 g/mol. The van der Waals surface area contributed by atoms with Crippen molar-refractivity contribution in [1.82, 2.24) is 4.57 Å². The lowest BCUT2D eigenvalue weighted by Gasteiger charge is -2.10. The highest BCUT2D eigenvalue weighted by molar-refractivity contribution is 5.96. The standard InChI is InChI=1S/C17H20N2O4/c1-4-19-10-11(2)16(17(21)22)14(19)9-15(20)18-12-6-5-7-13(8-12)23-3/h5-8,10H,4,9H2,1-3H3,(H,18,20)(H,21,22). The van der Waals surface area contributed by atoms with E-state index in [1.54, 1.807) is 49.1 Å². The molecule has 0 aliphatic carbocycles. The summed E-state index contributed by atoms with van der Waals surface area (Å²) in [5.41, 5.74) is 1.98. The van der Waals surface area contributed by atoms with Crippen LogP contribution < -0.4 is 10.1 Å². The van der Waals surface area contributed by atoms with Gasteiger partial charge in [0.25, 0.3) is 0 Å². The van der Waals surface area contributed by atoms with E-state index in [2.05, 4.69) is 5.32 Å². The molecule has 0 saturated heterocycles. The fraction of sp³-hybridized carbons (Fsp3) is 0.294. The van der Waals surface area contributed by atoms with Crippen LogP contribution in [0.3, 0.4) is 0 Å². The number of anilines is 1. The van der Waals surface area contributed by atoms with E-state index in [1.165, 1.54) is 0 Å². The Balaban J connectivity index is 2.21. The summed E-state index contributed by atoms with van der Waals surface area (Å²) in [6, 6.07) is 7.02. The van der Waals surface area contributed by atoms with Crippen molar-refractivity contribution in [1.29, 1.82) is 0 Å². The van der Waals surface area contributed by atoms with Crippen molar-refractivity contribution in [2.24, 2.45) is 0 Å². The van der Waals surface area contributed by atoms with E-state index in [1.807, 2.05) is 6.92 Å². The van der Waals surface area contributed by atoms with Crippen molar-refractivity contribution in [3.63, 3.8) is 0 Å². The lowest BCUT2D eigenvalue weighted by molar-refractivity contribution is -0.115. The number of hydrogen-bond acceptors (Lipinski definition) is 3. The molecule has 122 valence electrons. The van der Waals surface area contributed by atoms with Gasteiger partial charge in [-0.15, -0.1) is 0 Å². The molecule has 0 bridgehead atoms. The summed E-state index contributed by atoms with van der Waals surface area (Å²) < 4.78 is 6.91. The highest BCUT2D eigenvalue weighted by atomic mass is 16.5. The van der Waals surface area contributed by atoms with Crippen molar-refractivity contribution >= 4 is 17.6 Å². The van der Waals surface area contributed by atoms with Crippen LogP contribution in [-0.2, 0) is 17.8 Å². The summed E-state index contributed by atoms with van der Waals surface area (Å²) in [6.45, 7) is 4.25. The number of carboxylic acid groups (broad SMARTS) is 1. The molecule has 1 amide bonds. The molecule has 0 saturated carbocycles. The van der Waals surface area contributed by atoms with Gasteiger partial charge in [0.15, 0.2) is 0 Å². The van der Waals surface area contributed by atoms with Crippen LogP contribution in [0.15, 0.2) is 30.5 Å². The minimum absolute atomic E-state index is 0.000519. The van der Waals surface area contributed by atoms with E-state index < -0.39 is 5.97 Å². The second kappa shape index (κ2) is 7.00. The van der Waals surface area contributed by atoms with Gasteiger partial charge < -0.3 is 19.7 Å². The molecule has 23 heavy (non-hydrogen) atoms. The van der Waals surface area contributed by atoms with Crippen LogP contribution in [0.25, 0.3) is 0 Å². The molecule has 0 unspecified atom stereocenters. The van der Waals surface area contributed by atoms with Crippen molar-refractivity contribution in [2.45, 2.75) is 26.8 Å². The summed E-state index contributed by atoms with van der Waals surface area (Å²) in [5.74, 6) is -0.644. The highest BCUT2D eigenvalue weighted by Gasteiger charge is 2.20. The molecule has 1 aromatic carbocycles. The van der Waals surface area contributed by atoms with Gasteiger partial charge in [-0.25, -0.2) is 4.79 Å². The van der Waals surface area contributed by atoms with E-state index in [-0.39, 0.29) is 17.9 Å². The van der Waals surface area contributed by atoms with Crippen LogP contribution in [0.5, 0.6) is 5.75 Å². The number of ether oxygens (including phenoxy) is 1. The summed E-state index contributed by atoms with van der Waals surface area (Å²) in [5, 5.41) is 12.1. The van der Waals surface area contributed by atoms with Gasteiger partial charge in [0.1, 0.15) is 5.75 Å². The molecule has 0 spiro atoms. The second-order valence-electron chi connectivity index (χ2n) is 5.18. The number of hydrogen-bond donors (Lipinski definition) is 2. The van der Waals surface area contributed by atoms with E-state index in [0.29, 0.717) is 29.2 Å². The first-order chi connectivity index (χ1) is 11.0. The van der Waals surface area contributed by atoms with Gasteiger partial charge in [0.05, 0.1) is 19.1 Å². The van der Waals surface area contributed by atoms with Crippen LogP contribution in [0.2, 0.25) is 0 Å². The Kier molecular flexibility index (Phi) is 5.05. The molecule has 0 fully saturated rings. The number of aromatic carboxylic acids is 1. The number of methoxy groups -OCH3 is 1. The second-order valence-corrected chi connectivity index (χ2v) is 5.18. The molecule has 1 heterocycles. The van der Waals surface area contributed by atoms with Crippen molar-refractivity contribution < 1.29 is 19.4 Å². The number of benzene rings is 1. The summed E-state index contributed by atoms with van der Waals surface area (Å²) >= 11 is 0. The highest BCUT2D eigenvalue weighted by Crippen LogP contribution is 2.20. The molecule has 0 aliphatic rings. The van der Waals surface area contributed by atoms with Crippen molar-refractivity contribution in [3.05, 3.63) is 47.3 Å². The SMILES string of the molecule is CCn1cc(C)c(C(=O)O)c1CC(=O)Nc1cccc(OC)c1. The van der Waals surface area contributed by atoms with Crippen LogP contribution in [0.1, 0.15) is 28.5 Å². The Hall–Kier alpha value is -2.76. The third-order valence-electron chi connectivity index (χ3n) is 3.62. The summed E-state index contributed by atoms with van der Waals surface area (Å²) in [4.78, 5) is 23.7. The third kappa shape index (κ3) is 3.71. The quantitative estimate of drug-likeness (QED) is 0.858. The van der Waals surface area contributed by atoms with E-state index in [9.17, 15) is 14.7 Å². The third-order valence-corrected chi connectivity index (χ3v) is 3.62. The number of aromatic nitrogens is 1. The van der Waals surface area contributed by atoms with Crippen LogP contribution >= 0.6 is 0 Å². The lowest BCUT2D eigenvalue weighted by atomic mass is 10.1. The zero-order valence-corrected chi connectivity index (χ0v) is 13.4. The van der Waals surface area contributed by atoms with Crippen LogP contribution in [0.4, 0.5) is 5.69 Å². The average molecular weight is 316 g/mol. The number of amides is 1. The largest absolute Gasteiger partial charge is 0.497 e. The maximum atomic E-state index is 12.3. The summed E-state index contributed by atoms with van der Waals surface area (Å²) in [6.07, 6.45) is 1.76. The van der Waals surface area contributed by atoms with Crippen LogP contribution in [0, 0.1) is 6.92 Å². The Morgan fingerprint density at radius 3 is 2.70 bits per heavy atom. The average Bonchev–Trinajstić information content (AvgIpc) is 2.82. The normalized spacial score (nSPS) is 10.4. The first kappa shape index (κ1) is 16.6. The molecule has 2 N–H and O–H groups in total. The lowest BCUT2D eigenvalue weighted by Crippen LogP contribution is -2.18. The first-order valence-electron chi connectivity index (χ1n) is 7.32. The Labute approximate surface area is 134 Å². The number of aryl methyl sites for hydroxylation is 2. The Morgan fingerprint density at radius 1 is 1.35 bits per heavy atom. The fourth-order valence-electron chi connectivity index (χ4n) is 2.57. The van der Waals surface area contributed by atoms with Gasteiger partial charge >= 0.3 is 5.97 Å². The first-order valence-corrected chi connectivity index (χ1v) is 7.32. The van der Waals surface area contributed by atoms with Gasteiger partial charge in [-0.3, -0.25) is 4.79 Å². The Bertz CT molecular complexity index is 734. The molecule has 0 radical (unpaired) electrons. The maximum absolute atomic E-state index is 12.3. The number of carbonyl (C=O) groups excluding carboxylic acids is 1. The number of rotatable bonds is 6. The fourth-order valence-corrected chi connectivity index (χ4v) is 2.57. The number of nitrogens with zero attached hydrogens (tertiary/aromatic N) is 1. The van der Waals surface area contributed by atoms with Gasteiger partial charge in [0, 0.05) is 30.2 Å². The molecule has 1 aromatic heterocycles. The molecular formula is C17H20N2O4. The van der Waals surface area contributed by atoms with E-state index >= 15 is 0 Å². The van der Waals surface area contributed by atoms with E-state index in [0.717, 1.165) is 0 Å². The van der Waals surface area contributed by atoms with E-state index in [4.69, 9.17) is 4.74 Å². The predicted octanol–water partition coefficient (Wildman–Crippen LogP) is 2.70. The zero-order chi connectivity index (χ0) is 17.0. The Morgan fingerprint density at radius 2 is 2.09 bits per heavy atom. The predicted molar refractivity (Wildman–Crippen MR) is 87.1 cm³/mol. The summed E-state index contributed by atoms with van der Waals surface area (Å²) in [7, 11) is 1.55. The van der Waals surface area contributed by atoms with Crippen LogP contribution in [-0.4, -0.2) is 28.7 Å². The molecule has 0 aliphatic heterocycles.